The first kappa shape index (κ1) is 9.42. The normalized spacial score (nSPS) is 12.8. The second-order valence-corrected chi connectivity index (χ2v) is 3.95. The molecular weight excluding hydrogens is 172 g/mol. The standard InChI is InChI=1S/C9H12O2S/c1-12(11)9-4-2-8(3-5-9)6-7-10/h2-5,10H,6-7H2,1H3/t12-/m1/s1. The second-order valence-electron chi connectivity index (χ2n) is 2.57. The molecule has 1 rings (SSSR count). The van der Waals surface area contributed by atoms with E-state index < -0.39 is 10.8 Å². The van der Waals surface area contributed by atoms with Crippen molar-refractivity contribution >= 4 is 10.8 Å². The zero-order chi connectivity index (χ0) is 8.97. The number of benzene rings is 1. The van der Waals surface area contributed by atoms with Crippen LogP contribution in [0.3, 0.4) is 0 Å². The van der Waals surface area contributed by atoms with Crippen molar-refractivity contribution in [2.75, 3.05) is 12.9 Å². The van der Waals surface area contributed by atoms with E-state index in [9.17, 15) is 4.21 Å². The minimum absolute atomic E-state index is 0.161. The number of rotatable bonds is 3. The van der Waals surface area contributed by atoms with Crippen molar-refractivity contribution < 1.29 is 9.32 Å². The fourth-order valence-electron chi connectivity index (χ4n) is 0.977. The summed E-state index contributed by atoms with van der Waals surface area (Å²) in [5.41, 5.74) is 1.08. The molecule has 0 amide bonds. The van der Waals surface area contributed by atoms with Gasteiger partial charge in [-0.25, -0.2) is 0 Å². The molecule has 0 saturated carbocycles. The molecule has 3 heteroatoms. The molecule has 0 aliphatic carbocycles. The van der Waals surface area contributed by atoms with Gasteiger partial charge in [-0.1, -0.05) is 12.1 Å². The molecule has 0 aliphatic heterocycles. The van der Waals surface area contributed by atoms with Gasteiger partial charge in [-0.2, -0.15) is 0 Å². The summed E-state index contributed by atoms with van der Waals surface area (Å²) in [6.45, 7) is 0.161. The number of hydrogen-bond donors (Lipinski definition) is 1. The Morgan fingerprint density at radius 1 is 1.33 bits per heavy atom. The number of aliphatic hydroxyl groups is 1. The maximum absolute atomic E-state index is 11.0. The fourth-order valence-corrected chi connectivity index (χ4v) is 1.50. The Bertz CT molecular complexity index is 266. The van der Waals surface area contributed by atoms with Crippen LogP contribution in [0.5, 0.6) is 0 Å². The van der Waals surface area contributed by atoms with E-state index in [4.69, 9.17) is 5.11 Å². The average molecular weight is 184 g/mol. The van der Waals surface area contributed by atoms with Gasteiger partial charge in [0.2, 0.25) is 0 Å². The first-order valence-corrected chi connectivity index (χ1v) is 5.33. The van der Waals surface area contributed by atoms with Crippen molar-refractivity contribution in [2.45, 2.75) is 11.3 Å². The van der Waals surface area contributed by atoms with Gasteiger partial charge in [0, 0.05) is 28.6 Å². The number of aliphatic hydroxyl groups excluding tert-OH is 1. The molecule has 1 N–H and O–H groups in total. The van der Waals surface area contributed by atoms with E-state index in [1.165, 1.54) is 0 Å². The van der Waals surface area contributed by atoms with Gasteiger partial charge in [-0.05, 0) is 24.1 Å². The van der Waals surface area contributed by atoms with Crippen LogP contribution < -0.4 is 0 Å². The van der Waals surface area contributed by atoms with E-state index in [0.717, 1.165) is 10.5 Å². The first-order chi connectivity index (χ1) is 5.74. The highest BCUT2D eigenvalue weighted by Gasteiger charge is 1.96. The highest BCUT2D eigenvalue weighted by Crippen LogP contribution is 2.07. The molecule has 2 nitrogen and oxygen atoms in total. The van der Waals surface area contributed by atoms with Gasteiger partial charge in [0.25, 0.3) is 0 Å². The van der Waals surface area contributed by atoms with Crippen LogP contribution >= 0.6 is 0 Å². The zero-order valence-corrected chi connectivity index (χ0v) is 7.80. The van der Waals surface area contributed by atoms with Crippen molar-refractivity contribution in [3.05, 3.63) is 29.8 Å². The lowest BCUT2D eigenvalue weighted by Gasteiger charge is -1.99. The van der Waals surface area contributed by atoms with Crippen LogP contribution in [-0.2, 0) is 17.2 Å². The van der Waals surface area contributed by atoms with Crippen molar-refractivity contribution in [3.8, 4) is 0 Å². The van der Waals surface area contributed by atoms with Gasteiger partial charge in [0.15, 0.2) is 0 Å². The summed E-state index contributed by atoms with van der Waals surface area (Å²) < 4.78 is 11.0. The van der Waals surface area contributed by atoms with E-state index in [2.05, 4.69) is 0 Å². The Balaban J connectivity index is 2.78. The molecule has 1 atom stereocenters. The Labute approximate surface area is 74.7 Å². The molecule has 12 heavy (non-hydrogen) atoms. The third-order valence-electron chi connectivity index (χ3n) is 1.66. The summed E-state index contributed by atoms with van der Waals surface area (Å²) in [6, 6.07) is 7.46. The maximum Gasteiger partial charge on any atom is 0.0498 e. The Morgan fingerprint density at radius 3 is 2.33 bits per heavy atom. The lowest BCUT2D eigenvalue weighted by atomic mass is 10.2. The summed E-state index contributed by atoms with van der Waals surface area (Å²) >= 11 is 0. The smallest absolute Gasteiger partial charge is 0.0498 e. The van der Waals surface area contributed by atoms with Crippen molar-refractivity contribution in [1.82, 2.24) is 0 Å². The summed E-state index contributed by atoms with van der Waals surface area (Å²) in [5.74, 6) is 0. The maximum atomic E-state index is 11.0. The van der Waals surface area contributed by atoms with E-state index in [1.54, 1.807) is 6.26 Å². The molecule has 0 heterocycles. The SMILES string of the molecule is C[S@@](=O)c1ccc(CCO)cc1. The fraction of sp³-hybridized carbons (Fsp3) is 0.333. The highest BCUT2D eigenvalue weighted by molar-refractivity contribution is 7.84. The summed E-state index contributed by atoms with van der Waals surface area (Å²) in [4.78, 5) is 0.830. The molecule has 0 aromatic heterocycles. The van der Waals surface area contributed by atoms with Gasteiger partial charge in [0.05, 0.1) is 0 Å². The molecule has 0 radical (unpaired) electrons. The minimum atomic E-state index is -0.904. The predicted molar refractivity (Wildman–Crippen MR) is 49.6 cm³/mol. The van der Waals surface area contributed by atoms with Crippen molar-refractivity contribution in [2.24, 2.45) is 0 Å². The highest BCUT2D eigenvalue weighted by atomic mass is 32.2. The Morgan fingerprint density at radius 2 is 1.92 bits per heavy atom. The summed E-state index contributed by atoms with van der Waals surface area (Å²) in [7, 11) is -0.904. The third kappa shape index (κ3) is 2.43. The molecule has 66 valence electrons. The average Bonchev–Trinajstić information content (AvgIpc) is 2.06. The molecular formula is C9H12O2S. The van der Waals surface area contributed by atoms with Crippen LogP contribution in [0.1, 0.15) is 5.56 Å². The molecule has 0 aliphatic rings. The zero-order valence-electron chi connectivity index (χ0n) is 6.99. The molecule has 0 saturated heterocycles. The predicted octanol–water partition coefficient (Wildman–Crippen LogP) is 0.959. The molecule has 0 bridgehead atoms. The number of hydrogen-bond acceptors (Lipinski definition) is 2. The lowest BCUT2D eigenvalue weighted by molar-refractivity contribution is 0.299. The minimum Gasteiger partial charge on any atom is -0.396 e. The monoisotopic (exact) mass is 184 g/mol. The van der Waals surface area contributed by atoms with E-state index >= 15 is 0 Å². The van der Waals surface area contributed by atoms with E-state index in [0.29, 0.717) is 6.42 Å². The van der Waals surface area contributed by atoms with Gasteiger partial charge >= 0.3 is 0 Å². The third-order valence-corrected chi connectivity index (χ3v) is 2.59. The molecule has 1 aromatic carbocycles. The quantitative estimate of drug-likeness (QED) is 0.759. The second kappa shape index (κ2) is 4.38. The van der Waals surface area contributed by atoms with Crippen LogP contribution in [0.15, 0.2) is 29.2 Å². The Kier molecular flexibility index (Phi) is 3.44. The summed E-state index contributed by atoms with van der Waals surface area (Å²) in [5, 5.41) is 8.64. The first-order valence-electron chi connectivity index (χ1n) is 3.77. The molecule has 0 fully saturated rings. The van der Waals surface area contributed by atoms with Crippen LogP contribution in [0.2, 0.25) is 0 Å². The van der Waals surface area contributed by atoms with E-state index in [-0.39, 0.29) is 6.61 Å². The lowest BCUT2D eigenvalue weighted by Crippen LogP contribution is -1.92. The van der Waals surface area contributed by atoms with Crippen LogP contribution in [0, 0.1) is 0 Å². The molecule has 0 unspecified atom stereocenters. The van der Waals surface area contributed by atoms with Gasteiger partial charge < -0.3 is 5.11 Å². The van der Waals surface area contributed by atoms with Crippen LogP contribution in [0.4, 0.5) is 0 Å². The van der Waals surface area contributed by atoms with Crippen LogP contribution in [0.25, 0.3) is 0 Å². The topological polar surface area (TPSA) is 37.3 Å². The van der Waals surface area contributed by atoms with Gasteiger partial charge in [-0.15, -0.1) is 0 Å². The van der Waals surface area contributed by atoms with Gasteiger partial charge in [-0.3, -0.25) is 4.21 Å². The van der Waals surface area contributed by atoms with Crippen LogP contribution in [-0.4, -0.2) is 22.2 Å². The Hall–Kier alpha value is -0.670. The van der Waals surface area contributed by atoms with Gasteiger partial charge in [0.1, 0.15) is 0 Å². The largest absolute Gasteiger partial charge is 0.396 e. The van der Waals surface area contributed by atoms with Crippen molar-refractivity contribution in [3.63, 3.8) is 0 Å². The van der Waals surface area contributed by atoms with E-state index in [1.807, 2.05) is 24.3 Å². The van der Waals surface area contributed by atoms with Crippen molar-refractivity contribution in [1.29, 1.82) is 0 Å². The summed E-state index contributed by atoms with van der Waals surface area (Å²) in [6.07, 6.45) is 2.32. The molecule has 0 spiro atoms. The molecule has 1 aromatic rings.